The lowest BCUT2D eigenvalue weighted by Crippen LogP contribution is -2.37. The lowest BCUT2D eigenvalue weighted by atomic mass is 10.5. The van der Waals surface area contributed by atoms with Crippen LogP contribution in [0.25, 0.3) is 0 Å². The first-order chi connectivity index (χ1) is 4.87. The maximum absolute atomic E-state index is 10.8. The molecule has 0 amide bonds. The zero-order chi connectivity index (χ0) is 9.07. The van der Waals surface area contributed by atoms with Crippen LogP contribution >= 0.6 is 0 Å². The fourth-order valence-corrected chi connectivity index (χ4v) is 0.413. The number of aliphatic hydroxyl groups is 1. The van der Waals surface area contributed by atoms with Crippen molar-refractivity contribution in [2.75, 3.05) is 21.1 Å². The molecule has 0 aliphatic carbocycles. The highest BCUT2D eigenvalue weighted by Crippen LogP contribution is 1.98. The Bertz CT molecular complexity index is 179. The van der Waals surface area contributed by atoms with Gasteiger partial charge in [0.05, 0.1) is 0 Å². The van der Waals surface area contributed by atoms with E-state index in [-0.39, 0.29) is 10.4 Å². The van der Waals surface area contributed by atoms with E-state index < -0.39 is 5.97 Å². The minimum absolute atomic E-state index is 0.0384. The molecular formula is C7H14NO3+. The molecule has 0 aromatic heterocycles. The maximum atomic E-state index is 10.8. The highest BCUT2D eigenvalue weighted by Gasteiger charge is 2.18. The molecule has 11 heavy (non-hydrogen) atoms. The van der Waals surface area contributed by atoms with Crippen LogP contribution in [0, 0.1) is 0 Å². The van der Waals surface area contributed by atoms with Crippen LogP contribution in [0.1, 0.15) is 6.92 Å². The molecule has 0 aromatic carbocycles. The van der Waals surface area contributed by atoms with Crippen LogP contribution in [-0.2, 0) is 9.63 Å². The molecule has 1 N–H and O–H groups in total. The molecule has 0 radical (unpaired) electrons. The average Bonchev–Trinajstić information content (AvgIpc) is 1.82. The number of quaternary nitrogens is 1. The Hall–Kier alpha value is -1.03. The molecule has 0 aromatic rings. The van der Waals surface area contributed by atoms with Gasteiger partial charge >= 0.3 is 5.97 Å². The average molecular weight is 160 g/mol. The number of allylic oxidation sites excluding steroid dienone is 1. The molecule has 0 aliphatic heterocycles. The van der Waals surface area contributed by atoms with Crippen LogP contribution < -0.4 is 0 Å². The molecule has 0 atom stereocenters. The number of hydrogen-bond donors (Lipinski definition) is 1. The first-order valence-corrected chi connectivity index (χ1v) is 3.27. The van der Waals surface area contributed by atoms with Crippen molar-refractivity contribution in [3.8, 4) is 0 Å². The van der Waals surface area contributed by atoms with Gasteiger partial charge in [-0.25, -0.2) is 4.79 Å². The second-order valence-corrected chi connectivity index (χ2v) is 2.94. The van der Waals surface area contributed by atoms with Crippen LogP contribution in [0.3, 0.4) is 0 Å². The first-order valence-electron chi connectivity index (χ1n) is 3.27. The molecule has 0 unspecified atom stereocenters. The van der Waals surface area contributed by atoms with Gasteiger partial charge in [0.1, 0.15) is 21.1 Å². The van der Waals surface area contributed by atoms with Crippen LogP contribution in [0.2, 0.25) is 0 Å². The third-order valence-corrected chi connectivity index (χ3v) is 0.839. The minimum atomic E-state index is -0.708. The number of carbonyl (C=O) groups excluding carboxylic acids is 1. The molecule has 0 spiro atoms. The van der Waals surface area contributed by atoms with E-state index in [4.69, 9.17) is 9.94 Å². The third-order valence-electron chi connectivity index (χ3n) is 0.839. The number of nitrogens with zero attached hydrogens (tertiary/aromatic N) is 1. The summed E-state index contributed by atoms with van der Waals surface area (Å²) in [6.07, 6.45) is 1.29. The number of aliphatic hydroxyl groups excluding tert-OH is 1. The fourth-order valence-electron chi connectivity index (χ4n) is 0.413. The highest BCUT2D eigenvalue weighted by molar-refractivity contribution is 5.84. The van der Waals surface area contributed by atoms with Gasteiger partial charge in [0.2, 0.25) is 5.76 Å². The van der Waals surface area contributed by atoms with Gasteiger partial charge in [-0.15, -0.1) is 4.65 Å². The molecule has 0 bridgehead atoms. The van der Waals surface area contributed by atoms with Gasteiger partial charge in [0, 0.05) is 0 Å². The van der Waals surface area contributed by atoms with Gasteiger partial charge in [-0.1, -0.05) is 0 Å². The molecule has 0 saturated carbocycles. The maximum Gasteiger partial charge on any atom is 0.430 e. The monoisotopic (exact) mass is 160 g/mol. The summed E-state index contributed by atoms with van der Waals surface area (Å²) in [4.78, 5) is 15.6. The van der Waals surface area contributed by atoms with Crippen molar-refractivity contribution in [2.45, 2.75) is 6.92 Å². The standard InChI is InChI=1S/C7H13NO3/c1-5-6(9)7(10)11-8(2,3)4/h5H,1-4H3/p+1. The van der Waals surface area contributed by atoms with Gasteiger partial charge in [-0.2, -0.15) is 0 Å². The van der Waals surface area contributed by atoms with Gasteiger partial charge in [-0.05, 0) is 13.0 Å². The van der Waals surface area contributed by atoms with E-state index in [9.17, 15) is 4.79 Å². The van der Waals surface area contributed by atoms with Crippen molar-refractivity contribution in [3.63, 3.8) is 0 Å². The molecule has 4 nitrogen and oxygen atoms in total. The normalized spacial score (nSPS) is 12.9. The summed E-state index contributed by atoms with van der Waals surface area (Å²) in [5.41, 5.74) is 0. The van der Waals surface area contributed by atoms with E-state index in [1.54, 1.807) is 28.1 Å². The number of hydrogen-bond acceptors (Lipinski definition) is 3. The van der Waals surface area contributed by atoms with Gasteiger partial charge < -0.3 is 5.11 Å². The van der Waals surface area contributed by atoms with Crippen molar-refractivity contribution in [1.29, 1.82) is 0 Å². The van der Waals surface area contributed by atoms with Crippen molar-refractivity contribution < 1.29 is 19.4 Å². The van der Waals surface area contributed by atoms with Crippen LogP contribution in [0.4, 0.5) is 0 Å². The van der Waals surface area contributed by atoms with E-state index in [2.05, 4.69) is 0 Å². The van der Waals surface area contributed by atoms with Gasteiger partial charge in [0.15, 0.2) is 0 Å². The summed E-state index contributed by atoms with van der Waals surface area (Å²) in [6.45, 7) is 1.56. The summed E-state index contributed by atoms with van der Waals surface area (Å²) in [6, 6.07) is 0. The minimum Gasteiger partial charge on any atom is -0.502 e. The topological polar surface area (TPSA) is 46.5 Å². The molecule has 0 heterocycles. The number of rotatable bonds is 2. The molecule has 64 valence electrons. The van der Waals surface area contributed by atoms with Crippen molar-refractivity contribution in [1.82, 2.24) is 0 Å². The zero-order valence-corrected chi connectivity index (χ0v) is 7.29. The Morgan fingerprint density at radius 2 is 1.91 bits per heavy atom. The summed E-state index contributed by atoms with van der Waals surface area (Å²) in [5, 5.41) is 8.87. The number of carbonyl (C=O) groups is 1. The van der Waals surface area contributed by atoms with Crippen molar-refractivity contribution in [3.05, 3.63) is 11.8 Å². The third kappa shape index (κ3) is 4.38. The highest BCUT2D eigenvalue weighted by atomic mass is 16.7. The van der Waals surface area contributed by atoms with Crippen molar-refractivity contribution >= 4 is 5.97 Å². The Labute approximate surface area is 66.2 Å². The van der Waals surface area contributed by atoms with Gasteiger partial charge in [0.25, 0.3) is 0 Å². The quantitative estimate of drug-likeness (QED) is 0.279. The Kier molecular flexibility index (Phi) is 3.07. The van der Waals surface area contributed by atoms with E-state index in [0.29, 0.717) is 0 Å². The Morgan fingerprint density at radius 3 is 2.18 bits per heavy atom. The summed E-state index contributed by atoms with van der Waals surface area (Å²) in [5.74, 6) is -1.07. The predicted molar refractivity (Wildman–Crippen MR) is 40.5 cm³/mol. The fraction of sp³-hybridized carbons (Fsp3) is 0.571. The predicted octanol–water partition coefficient (Wildman–Crippen LogP) is 0.613. The lowest BCUT2D eigenvalue weighted by Gasteiger charge is -2.19. The lowest BCUT2D eigenvalue weighted by molar-refractivity contribution is -1.04. The summed E-state index contributed by atoms with van der Waals surface area (Å²) in [7, 11) is 5.04. The molecule has 0 rings (SSSR count). The van der Waals surface area contributed by atoms with Crippen LogP contribution in [-0.4, -0.2) is 36.9 Å². The Morgan fingerprint density at radius 1 is 1.45 bits per heavy atom. The second-order valence-electron chi connectivity index (χ2n) is 2.94. The summed E-state index contributed by atoms with van der Waals surface area (Å²) < 4.78 is 0.0384. The SMILES string of the molecule is CC=C(O)C(=O)O[N+](C)(C)C. The number of hydroxylamine groups is 3. The van der Waals surface area contributed by atoms with E-state index >= 15 is 0 Å². The zero-order valence-electron chi connectivity index (χ0n) is 7.29. The van der Waals surface area contributed by atoms with Crippen LogP contribution in [0.5, 0.6) is 0 Å². The van der Waals surface area contributed by atoms with E-state index in [0.717, 1.165) is 0 Å². The molecular weight excluding hydrogens is 146 g/mol. The Balaban J connectivity index is 4.10. The molecule has 0 aliphatic rings. The van der Waals surface area contributed by atoms with Crippen LogP contribution in [0.15, 0.2) is 11.8 Å². The molecule has 4 heteroatoms. The molecule has 0 saturated heterocycles. The first kappa shape index (κ1) is 9.97. The largest absolute Gasteiger partial charge is 0.502 e. The van der Waals surface area contributed by atoms with Crippen molar-refractivity contribution in [2.24, 2.45) is 0 Å². The molecule has 0 fully saturated rings. The van der Waals surface area contributed by atoms with Gasteiger partial charge in [-0.3, -0.25) is 4.84 Å². The van der Waals surface area contributed by atoms with E-state index in [1.807, 2.05) is 0 Å². The second kappa shape index (κ2) is 3.39. The summed E-state index contributed by atoms with van der Waals surface area (Å²) >= 11 is 0. The van der Waals surface area contributed by atoms with E-state index in [1.165, 1.54) is 6.08 Å². The smallest absolute Gasteiger partial charge is 0.430 e.